The van der Waals surface area contributed by atoms with E-state index in [1.165, 1.54) is 7.11 Å². The van der Waals surface area contributed by atoms with E-state index < -0.39 is 5.91 Å². The van der Waals surface area contributed by atoms with Gasteiger partial charge >= 0.3 is 0 Å². The third-order valence-corrected chi connectivity index (χ3v) is 6.20. The van der Waals surface area contributed by atoms with E-state index in [0.717, 1.165) is 16.7 Å². The zero-order chi connectivity index (χ0) is 21.8. The molecule has 1 aliphatic rings. The molecule has 0 bridgehead atoms. The first-order valence-corrected chi connectivity index (χ1v) is 11.0. The van der Waals surface area contributed by atoms with E-state index in [1.54, 1.807) is 42.5 Å². The maximum Gasteiger partial charge on any atom is 0.293 e. The Morgan fingerprint density at radius 1 is 1.23 bits per heavy atom. The van der Waals surface area contributed by atoms with Crippen molar-refractivity contribution in [3.8, 4) is 11.5 Å². The Hall–Kier alpha value is -1.93. The van der Waals surface area contributed by atoms with E-state index in [2.05, 4.69) is 22.5 Å². The largest absolute Gasteiger partial charge is 0.493 e. The summed E-state index contributed by atoms with van der Waals surface area (Å²) in [6.07, 6.45) is 3.27. The summed E-state index contributed by atoms with van der Waals surface area (Å²) in [6, 6.07) is 8.45. The van der Waals surface area contributed by atoms with Crippen LogP contribution in [0.3, 0.4) is 0 Å². The number of nitrogens with zero attached hydrogens (tertiary/aromatic N) is 1. The topological polar surface area (TPSA) is 55.8 Å². The fraction of sp³-hybridized carbons (Fsp3) is 0.143. The van der Waals surface area contributed by atoms with Crippen LogP contribution >= 0.6 is 50.9 Å². The second-order valence-electron chi connectivity index (χ2n) is 6.14. The van der Waals surface area contributed by atoms with Crippen LogP contribution in [-0.2, 0) is 11.3 Å². The van der Waals surface area contributed by atoms with Crippen LogP contribution < -0.4 is 9.47 Å². The van der Waals surface area contributed by atoms with Crippen LogP contribution in [0.15, 0.2) is 52.4 Å². The molecular formula is C21H16BrCl2NO4S. The van der Waals surface area contributed by atoms with Crippen molar-refractivity contribution in [1.29, 1.82) is 0 Å². The predicted molar refractivity (Wildman–Crippen MR) is 124 cm³/mol. The second-order valence-corrected chi connectivity index (χ2v) is 8.83. The van der Waals surface area contributed by atoms with Crippen LogP contribution in [-0.4, -0.2) is 29.8 Å². The molecule has 1 heterocycles. The standard InChI is InChI=1S/C21H16BrCl2NO4S/c1-3-6-29-19-15(22)7-12(8-17(19)28-2)9-18-20(26)25(21(27)30-18)11-13-4-5-14(23)10-16(13)24/h3-5,7-10H,1,6,11H2,2H3/b18-9-. The highest BCUT2D eigenvalue weighted by Crippen LogP contribution is 2.39. The molecule has 9 heteroatoms. The average Bonchev–Trinajstić information content (AvgIpc) is 2.96. The van der Waals surface area contributed by atoms with Crippen molar-refractivity contribution in [2.75, 3.05) is 13.7 Å². The Morgan fingerprint density at radius 2 is 2.00 bits per heavy atom. The molecule has 5 nitrogen and oxygen atoms in total. The van der Waals surface area contributed by atoms with Gasteiger partial charge in [-0.3, -0.25) is 14.5 Å². The van der Waals surface area contributed by atoms with Gasteiger partial charge in [0.1, 0.15) is 6.61 Å². The lowest BCUT2D eigenvalue weighted by atomic mass is 10.1. The molecule has 0 radical (unpaired) electrons. The van der Waals surface area contributed by atoms with Gasteiger partial charge in [0.05, 0.1) is 23.0 Å². The quantitative estimate of drug-likeness (QED) is 0.300. The monoisotopic (exact) mass is 527 g/mol. The minimum atomic E-state index is -0.391. The molecule has 2 aromatic carbocycles. The number of benzene rings is 2. The predicted octanol–water partition coefficient (Wildman–Crippen LogP) is 6.57. The first-order chi connectivity index (χ1) is 14.3. The fourth-order valence-corrected chi connectivity index (χ4v) is 4.59. The van der Waals surface area contributed by atoms with Gasteiger partial charge in [-0.2, -0.15) is 0 Å². The molecule has 0 aromatic heterocycles. The Balaban J connectivity index is 1.86. The Labute approximate surface area is 196 Å². The molecular weight excluding hydrogens is 513 g/mol. The van der Waals surface area contributed by atoms with Gasteiger partial charge in [0.2, 0.25) is 0 Å². The second kappa shape index (κ2) is 9.92. The van der Waals surface area contributed by atoms with Gasteiger partial charge in [-0.1, -0.05) is 41.9 Å². The van der Waals surface area contributed by atoms with Crippen molar-refractivity contribution < 1.29 is 19.1 Å². The summed E-state index contributed by atoms with van der Waals surface area (Å²) in [5, 5.41) is 0.515. The number of hydrogen-bond donors (Lipinski definition) is 0. The number of carbonyl (C=O) groups excluding carboxylic acids is 2. The van der Waals surface area contributed by atoms with Crippen molar-refractivity contribution in [2.45, 2.75) is 6.54 Å². The number of ether oxygens (including phenoxy) is 2. The average molecular weight is 529 g/mol. The SMILES string of the molecule is C=CCOc1c(Br)cc(/C=C2\SC(=O)N(Cc3ccc(Cl)cc3Cl)C2=O)cc1OC. The smallest absolute Gasteiger partial charge is 0.293 e. The number of imide groups is 1. The number of amides is 2. The lowest BCUT2D eigenvalue weighted by Crippen LogP contribution is -2.27. The number of thioether (sulfide) groups is 1. The Morgan fingerprint density at radius 3 is 2.67 bits per heavy atom. The normalized spacial score (nSPS) is 15.1. The van der Waals surface area contributed by atoms with Crippen molar-refractivity contribution in [1.82, 2.24) is 4.90 Å². The highest BCUT2D eigenvalue weighted by atomic mass is 79.9. The highest BCUT2D eigenvalue weighted by molar-refractivity contribution is 9.10. The maximum atomic E-state index is 12.8. The maximum absolute atomic E-state index is 12.8. The van der Waals surface area contributed by atoms with Crippen LogP contribution in [0.25, 0.3) is 6.08 Å². The lowest BCUT2D eigenvalue weighted by molar-refractivity contribution is -0.123. The summed E-state index contributed by atoms with van der Waals surface area (Å²) < 4.78 is 11.6. The molecule has 156 valence electrons. The molecule has 1 saturated heterocycles. The third kappa shape index (κ3) is 5.03. The van der Waals surface area contributed by atoms with E-state index in [-0.39, 0.29) is 11.8 Å². The highest BCUT2D eigenvalue weighted by Gasteiger charge is 2.35. The van der Waals surface area contributed by atoms with Gasteiger partial charge in [0.15, 0.2) is 11.5 Å². The minimum absolute atomic E-state index is 0.0688. The number of hydrogen-bond acceptors (Lipinski definition) is 5. The van der Waals surface area contributed by atoms with E-state index >= 15 is 0 Å². The van der Waals surface area contributed by atoms with Gasteiger partial charge in [0.25, 0.3) is 11.1 Å². The van der Waals surface area contributed by atoms with Crippen LogP contribution in [0.5, 0.6) is 11.5 Å². The van der Waals surface area contributed by atoms with E-state index in [0.29, 0.717) is 48.7 Å². The number of carbonyl (C=O) groups is 2. The van der Waals surface area contributed by atoms with Crippen LogP contribution in [0.2, 0.25) is 10.0 Å². The molecule has 0 atom stereocenters. The van der Waals surface area contributed by atoms with Gasteiger partial charge in [0, 0.05) is 10.0 Å². The first-order valence-electron chi connectivity index (χ1n) is 8.64. The van der Waals surface area contributed by atoms with Crippen molar-refractivity contribution in [3.63, 3.8) is 0 Å². The van der Waals surface area contributed by atoms with Crippen molar-refractivity contribution in [3.05, 3.63) is 73.5 Å². The van der Waals surface area contributed by atoms with Gasteiger partial charge in [-0.15, -0.1) is 0 Å². The van der Waals surface area contributed by atoms with Crippen LogP contribution in [0, 0.1) is 0 Å². The molecule has 0 N–H and O–H groups in total. The third-order valence-electron chi connectivity index (χ3n) is 4.11. The molecule has 2 aromatic rings. The van der Waals surface area contributed by atoms with E-state index in [9.17, 15) is 9.59 Å². The van der Waals surface area contributed by atoms with E-state index in [1.807, 2.05) is 0 Å². The van der Waals surface area contributed by atoms with Gasteiger partial charge in [-0.25, -0.2) is 0 Å². The number of methoxy groups -OCH3 is 1. The number of halogens is 3. The summed E-state index contributed by atoms with van der Waals surface area (Å²) in [5.74, 6) is 0.628. The summed E-state index contributed by atoms with van der Waals surface area (Å²) in [4.78, 5) is 26.7. The summed E-state index contributed by atoms with van der Waals surface area (Å²) >= 11 is 16.4. The summed E-state index contributed by atoms with van der Waals surface area (Å²) in [5.41, 5.74) is 1.32. The summed E-state index contributed by atoms with van der Waals surface area (Å²) in [6.45, 7) is 4.02. The summed E-state index contributed by atoms with van der Waals surface area (Å²) in [7, 11) is 1.52. The van der Waals surface area contributed by atoms with Crippen LogP contribution in [0.4, 0.5) is 4.79 Å². The minimum Gasteiger partial charge on any atom is -0.493 e. The Kier molecular flexibility index (Phi) is 7.52. The Bertz CT molecular complexity index is 1060. The van der Waals surface area contributed by atoms with Crippen molar-refractivity contribution >= 4 is 68.1 Å². The zero-order valence-corrected chi connectivity index (χ0v) is 19.7. The molecule has 2 amide bonds. The van der Waals surface area contributed by atoms with Gasteiger partial charge in [-0.05, 0) is 69.2 Å². The molecule has 1 fully saturated rings. The fourth-order valence-electron chi connectivity index (χ4n) is 2.71. The molecule has 1 aliphatic heterocycles. The first kappa shape index (κ1) is 22.7. The lowest BCUT2D eigenvalue weighted by Gasteiger charge is -2.14. The molecule has 3 rings (SSSR count). The van der Waals surface area contributed by atoms with Gasteiger partial charge < -0.3 is 9.47 Å². The number of rotatable bonds is 7. The molecule has 30 heavy (non-hydrogen) atoms. The molecule has 0 unspecified atom stereocenters. The molecule has 0 spiro atoms. The molecule has 0 aliphatic carbocycles. The molecule has 0 saturated carbocycles. The zero-order valence-electron chi connectivity index (χ0n) is 15.8. The van der Waals surface area contributed by atoms with E-state index in [4.69, 9.17) is 32.7 Å². The van der Waals surface area contributed by atoms with Crippen molar-refractivity contribution in [2.24, 2.45) is 0 Å². The van der Waals surface area contributed by atoms with Crippen LogP contribution in [0.1, 0.15) is 11.1 Å².